The van der Waals surface area contributed by atoms with E-state index in [2.05, 4.69) is 17.1 Å². The number of carbonyl (C=O) groups excluding carboxylic acids is 1. The Morgan fingerprint density at radius 2 is 1.59 bits per heavy atom. The molecule has 0 radical (unpaired) electrons. The topological polar surface area (TPSA) is 32.7 Å². The van der Waals surface area contributed by atoms with Crippen LogP contribution in [0.25, 0.3) is 10.8 Å². The van der Waals surface area contributed by atoms with E-state index in [9.17, 15) is 4.79 Å². The van der Waals surface area contributed by atoms with Gasteiger partial charge < -0.3 is 4.90 Å². The molecule has 4 rings (SSSR count). The molecule has 0 atom stereocenters. The van der Waals surface area contributed by atoms with Gasteiger partial charge in [0, 0.05) is 12.6 Å². The number of anilines is 1. The van der Waals surface area contributed by atoms with Crippen LogP contribution in [-0.4, -0.2) is 18.7 Å². The first-order chi connectivity index (χ1) is 10.7. The lowest BCUT2D eigenvalue weighted by atomic mass is 10.1. The number of amides is 1. The van der Waals surface area contributed by atoms with E-state index < -0.39 is 0 Å². The van der Waals surface area contributed by atoms with Crippen molar-refractivity contribution in [1.82, 2.24) is 0 Å². The van der Waals surface area contributed by atoms with Crippen LogP contribution in [0.3, 0.4) is 0 Å². The standard InChI is InChI=1S/C19H14N2O/c1-21-17-9-5-4-8-16(17)18(19(21)22)20-15-11-10-13-6-2-3-7-14(13)12-15/h2-12H,1H3. The Morgan fingerprint density at radius 3 is 2.45 bits per heavy atom. The average molecular weight is 286 g/mol. The van der Waals surface area contributed by atoms with Gasteiger partial charge in [0.05, 0.1) is 11.4 Å². The third kappa shape index (κ3) is 1.91. The minimum Gasteiger partial charge on any atom is -0.309 e. The van der Waals surface area contributed by atoms with Crippen molar-refractivity contribution >= 4 is 33.8 Å². The summed E-state index contributed by atoms with van der Waals surface area (Å²) in [5.74, 6) is -0.0608. The lowest BCUT2D eigenvalue weighted by Crippen LogP contribution is -2.25. The Kier molecular flexibility index (Phi) is 2.79. The molecule has 0 fully saturated rings. The Labute approximate surface area is 128 Å². The molecule has 3 nitrogen and oxygen atoms in total. The minimum absolute atomic E-state index is 0.0608. The van der Waals surface area contributed by atoms with Crippen LogP contribution in [0.15, 0.2) is 71.7 Å². The lowest BCUT2D eigenvalue weighted by molar-refractivity contribution is -0.111. The van der Waals surface area contributed by atoms with Crippen LogP contribution >= 0.6 is 0 Å². The Hall–Kier alpha value is -2.94. The first kappa shape index (κ1) is 12.8. The van der Waals surface area contributed by atoms with E-state index in [1.54, 1.807) is 11.9 Å². The lowest BCUT2D eigenvalue weighted by Gasteiger charge is -2.07. The second kappa shape index (κ2) is 4.81. The average Bonchev–Trinajstić information content (AvgIpc) is 2.80. The molecule has 0 aromatic heterocycles. The van der Waals surface area contributed by atoms with E-state index in [-0.39, 0.29) is 5.91 Å². The molecule has 0 unspecified atom stereocenters. The number of likely N-dealkylation sites (N-methyl/N-ethyl adjacent to an activating group) is 1. The molecule has 1 amide bonds. The Balaban J connectivity index is 1.86. The van der Waals surface area contributed by atoms with Crippen LogP contribution in [0.1, 0.15) is 5.56 Å². The summed E-state index contributed by atoms with van der Waals surface area (Å²) in [6.07, 6.45) is 0. The number of aliphatic imine (C=N–C) groups is 1. The summed E-state index contributed by atoms with van der Waals surface area (Å²) in [5, 5.41) is 2.29. The summed E-state index contributed by atoms with van der Waals surface area (Å²) >= 11 is 0. The van der Waals surface area contributed by atoms with Gasteiger partial charge in [-0.05, 0) is 29.0 Å². The van der Waals surface area contributed by atoms with Gasteiger partial charge in [-0.1, -0.05) is 48.5 Å². The summed E-state index contributed by atoms with van der Waals surface area (Å²) in [7, 11) is 1.78. The quantitative estimate of drug-likeness (QED) is 0.667. The Bertz CT molecular complexity index is 927. The third-order valence-corrected chi connectivity index (χ3v) is 4.00. The molecule has 22 heavy (non-hydrogen) atoms. The predicted octanol–water partition coefficient (Wildman–Crippen LogP) is 3.94. The molecule has 3 heteroatoms. The molecule has 0 saturated carbocycles. The van der Waals surface area contributed by atoms with Crippen molar-refractivity contribution in [3.63, 3.8) is 0 Å². The van der Waals surface area contributed by atoms with Crippen LogP contribution < -0.4 is 4.90 Å². The second-order valence-electron chi connectivity index (χ2n) is 5.37. The molecular formula is C19H14N2O. The van der Waals surface area contributed by atoms with Gasteiger partial charge in [0.15, 0.2) is 0 Å². The molecule has 3 aromatic carbocycles. The molecule has 0 spiro atoms. The van der Waals surface area contributed by atoms with Crippen molar-refractivity contribution in [2.45, 2.75) is 0 Å². The fourth-order valence-electron chi connectivity index (χ4n) is 2.83. The van der Waals surface area contributed by atoms with Crippen molar-refractivity contribution in [2.24, 2.45) is 4.99 Å². The fourth-order valence-corrected chi connectivity index (χ4v) is 2.83. The highest BCUT2D eigenvalue weighted by Crippen LogP contribution is 2.30. The number of carbonyl (C=O) groups is 1. The van der Waals surface area contributed by atoms with E-state index in [1.807, 2.05) is 54.6 Å². The summed E-state index contributed by atoms with van der Waals surface area (Å²) in [6.45, 7) is 0. The first-order valence-electron chi connectivity index (χ1n) is 7.19. The fraction of sp³-hybridized carbons (Fsp3) is 0.0526. The van der Waals surface area contributed by atoms with E-state index >= 15 is 0 Å². The molecule has 106 valence electrons. The van der Waals surface area contributed by atoms with Gasteiger partial charge >= 0.3 is 0 Å². The van der Waals surface area contributed by atoms with E-state index in [1.165, 1.54) is 5.39 Å². The van der Waals surface area contributed by atoms with Crippen molar-refractivity contribution in [3.05, 3.63) is 72.3 Å². The number of hydrogen-bond acceptors (Lipinski definition) is 2. The zero-order valence-corrected chi connectivity index (χ0v) is 12.2. The van der Waals surface area contributed by atoms with Crippen LogP contribution in [-0.2, 0) is 4.79 Å². The summed E-state index contributed by atoms with van der Waals surface area (Å²) in [5.41, 5.74) is 3.11. The zero-order valence-electron chi connectivity index (χ0n) is 12.2. The summed E-state index contributed by atoms with van der Waals surface area (Å²) < 4.78 is 0. The van der Waals surface area contributed by atoms with Crippen LogP contribution in [0.5, 0.6) is 0 Å². The van der Waals surface area contributed by atoms with Gasteiger partial charge in [-0.2, -0.15) is 0 Å². The van der Waals surface area contributed by atoms with Crippen LogP contribution in [0.2, 0.25) is 0 Å². The maximum absolute atomic E-state index is 12.4. The van der Waals surface area contributed by atoms with Gasteiger partial charge in [0.2, 0.25) is 0 Å². The van der Waals surface area contributed by atoms with Crippen molar-refractivity contribution in [1.29, 1.82) is 0 Å². The molecule has 0 saturated heterocycles. The molecular weight excluding hydrogens is 272 g/mol. The highest BCUT2D eigenvalue weighted by atomic mass is 16.2. The smallest absolute Gasteiger partial charge is 0.277 e. The van der Waals surface area contributed by atoms with Gasteiger partial charge in [0.25, 0.3) is 5.91 Å². The minimum atomic E-state index is -0.0608. The number of benzene rings is 3. The van der Waals surface area contributed by atoms with Gasteiger partial charge in [-0.25, -0.2) is 4.99 Å². The Morgan fingerprint density at radius 1 is 0.864 bits per heavy atom. The maximum Gasteiger partial charge on any atom is 0.277 e. The number of rotatable bonds is 1. The van der Waals surface area contributed by atoms with E-state index in [4.69, 9.17) is 0 Å². The highest BCUT2D eigenvalue weighted by Gasteiger charge is 2.30. The largest absolute Gasteiger partial charge is 0.309 e. The van der Waals surface area contributed by atoms with Crippen LogP contribution in [0.4, 0.5) is 11.4 Å². The van der Waals surface area contributed by atoms with Gasteiger partial charge in [0.1, 0.15) is 5.71 Å². The molecule has 1 aliphatic rings. The summed E-state index contributed by atoms with van der Waals surface area (Å²) in [4.78, 5) is 18.7. The van der Waals surface area contributed by atoms with Gasteiger partial charge in [-0.15, -0.1) is 0 Å². The van der Waals surface area contributed by atoms with Gasteiger partial charge in [-0.3, -0.25) is 4.79 Å². The molecule has 0 bridgehead atoms. The first-order valence-corrected chi connectivity index (χ1v) is 7.19. The monoisotopic (exact) mass is 286 g/mol. The number of nitrogens with zero attached hydrogens (tertiary/aromatic N) is 2. The molecule has 1 aliphatic heterocycles. The highest BCUT2D eigenvalue weighted by molar-refractivity contribution is 6.54. The second-order valence-corrected chi connectivity index (χ2v) is 5.37. The molecule has 3 aromatic rings. The van der Waals surface area contributed by atoms with E-state index in [0.717, 1.165) is 22.3 Å². The molecule has 0 aliphatic carbocycles. The SMILES string of the molecule is CN1C(=O)C(=Nc2ccc3ccccc3c2)c2ccccc21. The number of fused-ring (bicyclic) bond motifs is 2. The number of para-hydroxylation sites is 1. The van der Waals surface area contributed by atoms with E-state index in [0.29, 0.717) is 5.71 Å². The van der Waals surface area contributed by atoms with Crippen molar-refractivity contribution < 1.29 is 4.79 Å². The normalized spacial score (nSPS) is 15.6. The molecule has 0 N–H and O–H groups in total. The number of hydrogen-bond donors (Lipinski definition) is 0. The van der Waals surface area contributed by atoms with Crippen molar-refractivity contribution in [3.8, 4) is 0 Å². The third-order valence-electron chi connectivity index (χ3n) is 4.00. The van der Waals surface area contributed by atoms with Crippen LogP contribution in [0, 0.1) is 0 Å². The zero-order chi connectivity index (χ0) is 15.1. The maximum atomic E-state index is 12.4. The summed E-state index contributed by atoms with van der Waals surface area (Å²) in [6, 6.07) is 21.9. The predicted molar refractivity (Wildman–Crippen MR) is 90.0 cm³/mol. The van der Waals surface area contributed by atoms with Crippen molar-refractivity contribution in [2.75, 3.05) is 11.9 Å². The molecule has 1 heterocycles.